The average molecular weight is 271 g/mol. The molecule has 2 nitrogen and oxygen atoms in total. The van der Waals surface area contributed by atoms with Gasteiger partial charge in [0.25, 0.3) is 0 Å². The Bertz CT molecular complexity index is 373. The summed E-state index contributed by atoms with van der Waals surface area (Å²) in [6, 6.07) is 5.34. The number of halogens is 1. The Morgan fingerprint density at radius 1 is 1.32 bits per heavy atom. The van der Waals surface area contributed by atoms with Crippen LogP contribution in [-0.4, -0.2) is 17.8 Å². The smallest absolute Gasteiger partial charge is 0.126 e. The van der Waals surface area contributed by atoms with Gasteiger partial charge in [-0.25, -0.2) is 4.39 Å². The van der Waals surface area contributed by atoms with Gasteiger partial charge in [-0.1, -0.05) is 39.8 Å². The van der Waals surface area contributed by atoms with Gasteiger partial charge in [0.2, 0.25) is 0 Å². The van der Waals surface area contributed by atoms with Crippen LogP contribution >= 0.6 is 0 Å². The van der Waals surface area contributed by atoms with E-state index in [-0.39, 0.29) is 25.6 Å². The van der Waals surface area contributed by atoms with E-state index in [0.29, 0.717) is 12.0 Å². The number of hydrogen-bond acceptors (Lipinski definition) is 2. The number of nitrogens with two attached hydrogens (primary N) is 1. The summed E-state index contributed by atoms with van der Waals surface area (Å²) in [5.41, 5.74) is 7.03. The molecular formula is C16H30FNO. The molecule has 19 heavy (non-hydrogen) atoms. The minimum atomic E-state index is -0.470. The van der Waals surface area contributed by atoms with Crippen LogP contribution in [0, 0.1) is 18.7 Å². The van der Waals surface area contributed by atoms with Gasteiger partial charge in [-0.2, -0.15) is 0 Å². The first-order chi connectivity index (χ1) is 8.95. The quantitative estimate of drug-likeness (QED) is 0.854. The Morgan fingerprint density at radius 3 is 2.37 bits per heavy atom. The van der Waals surface area contributed by atoms with Gasteiger partial charge in [0, 0.05) is 7.97 Å². The second-order valence-corrected chi connectivity index (χ2v) is 4.90. The van der Waals surface area contributed by atoms with Crippen LogP contribution in [0.2, 0.25) is 0 Å². The highest BCUT2D eigenvalue weighted by molar-refractivity contribution is 5.26. The van der Waals surface area contributed by atoms with Crippen molar-refractivity contribution in [2.75, 3.05) is 6.54 Å². The topological polar surface area (TPSA) is 46.2 Å². The molecule has 1 aromatic carbocycles. The molecule has 112 valence electrons. The van der Waals surface area contributed by atoms with E-state index in [9.17, 15) is 9.50 Å². The normalized spacial score (nSPS) is 15.2. The molecule has 0 spiro atoms. The molecule has 2 unspecified atom stereocenters. The van der Waals surface area contributed by atoms with E-state index >= 15 is 0 Å². The van der Waals surface area contributed by atoms with Crippen molar-refractivity contribution in [2.45, 2.75) is 53.1 Å². The third-order valence-corrected chi connectivity index (χ3v) is 3.49. The van der Waals surface area contributed by atoms with E-state index in [2.05, 4.69) is 13.8 Å². The molecule has 0 aliphatic heterocycles. The summed E-state index contributed by atoms with van der Waals surface area (Å²) < 4.78 is 13.5. The number of aryl methyl sites for hydroxylation is 1. The van der Waals surface area contributed by atoms with Crippen molar-refractivity contribution >= 4 is 0 Å². The van der Waals surface area contributed by atoms with Gasteiger partial charge in [-0.3, -0.25) is 0 Å². The molecule has 0 saturated carbocycles. The van der Waals surface area contributed by atoms with E-state index in [1.54, 1.807) is 19.1 Å². The molecule has 0 aliphatic rings. The summed E-state index contributed by atoms with van der Waals surface area (Å²) in [7, 11) is 0. The summed E-state index contributed by atoms with van der Waals surface area (Å²) in [5.74, 6) is 0.322. The van der Waals surface area contributed by atoms with E-state index in [4.69, 9.17) is 5.73 Å². The second kappa shape index (κ2) is 9.05. The minimum Gasteiger partial charge on any atom is -0.392 e. The molecule has 0 saturated heterocycles. The maximum Gasteiger partial charge on any atom is 0.126 e. The Balaban J connectivity index is 0. The molecule has 0 fully saturated rings. The molecule has 0 bridgehead atoms. The van der Waals surface area contributed by atoms with E-state index < -0.39 is 6.10 Å². The standard InChI is InChI=1S/C14H22FNO.C2H6.H2/c1-9-4-5-12(7-14(9)15)11(3)10(2)6-13(17)8-16;1-2;/h4-5,7,10-11,13,17H,6,8,16H2,1-3H3;1-2H3;1H/t10?,11?,13-;;/m1../s1. The van der Waals surface area contributed by atoms with Crippen molar-refractivity contribution in [3.63, 3.8) is 0 Å². The molecule has 3 N–H and O–H groups in total. The molecule has 0 aromatic heterocycles. The van der Waals surface area contributed by atoms with Gasteiger partial charge in [0.1, 0.15) is 5.82 Å². The van der Waals surface area contributed by atoms with Gasteiger partial charge in [-0.15, -0.1) is 0 Å². The first-order valence-corrected chi connectivity index (χ1v) is 7.09. The Hall–Kier alpha value is -0.930. The van der Waals surface area contributed by atoms with Crippen molar-refractivity contribution in [3.8, 4) is 0 Å². The maximum atomic E-state index is 13.5. The van der Waals surface area contributed by atoms with Crippen LogP contribution in [0.4, 0.5) is 4.39 Å². The Labute approximate surface area is 118 Å². The minimum absolute atomic E-state index is 0. The van der Waals surface area contributed by atoms with Gasteiger partial charge in [0.05, 0.1) is 6.10 Å². The van der Waals surface area contributed by atoms with Gasteiger partial charge in [-0.05, 0) is 42.4 Å². The molecule has 3 heteroatoms. The van der Waals surface area contributed by atoms with Crippen LogP contribution in [0.25, 0.3) is 0 Å². The number of aliphatic hydroxyl groups is 1. The first-order valence-electron chi connectivity index (χ1n) is 7.09. The fraction of sp³-hybridized carbons (Fsp3) is 0.625. The lowest BCUT2D eigenvalue weighted by atomic mass is 9.85. The zero-order valence-electron chi connectivity index (χ0n) is 12.8. The number of aliphatic hydroxyl groups excluding tert-OH is 1. The second-order valence-electron chi connectivity index (χ2n) is 4.90. The Morgan fingerprint density at radius 2 is 1.89 bits per heavy atom. The van der Waals surface area contributed by atoms with Crippen LogP contribution in [0.5, 0.6) is 0 Å². The summed E-state index contributed by atoms with van der Waals surface area (Å²) in [6.45, 7) is 10.1. The largest absolute Gasteiger partial charge is 0.392 e. The molecule has 1 aromatic rings. The number of hydrogen-bond donors (Lipinski definition) is 2. The lowest BCUT2D eigenvalue weighted by Crippen LogP contribution is -2.24. The first kappa shape index (κ1) is 18.1. The van der Waals surface area contributed by atoms with Crippen molar-refractivity contribution < 1.29 is 10.9 Å². The van der Waals surface area contributed by atoms with Crippen LogP contribution in [-0.2, 0) is 0 Å². The fourth-order valence-electron chi connectivity index (χ4n) is 1.95. The average Bonchev–Trinajstić information content (AvgIpc) is 2.43. The van der Waals surface area contributed by atoms with Gasteiger partial charge >= 0.3 is 0 Å². The van der Waals surface area contributed by atoms with Crippen molar-refractivity contribution in [1.29, 1.82) is 0 Å². The van der Waals surface area contributed by atoms with Crippen LogP contribution in [0.3, 0.4) is 0 Å². The van der Waals surface area contributed by atoms with Gasteiger partial charge < -0.3 is 10.8 Å². The molecule has 0 aliphatic carbocycles. The van der Waals surface area contributed by atoms with E-state index in [0.717, 1.165) is 5.56 Å². The van der Waals surface area contributed by atoms with E-state index in [1.165, 1.54) is 0 Å². The monoisotopic (exact) mass is 271 g/mol. The van der Waals surface area contributed by atoms with Crippen LogP contribution in [0.1, 0.15) is 52.6 Å². The maximum absolute atomic E-state index is 13.5. The predicted molar refractivity (Wildman–Crippen MR) is 81.9 cm³/mol. The Kier molecular flexibility index (Phi) is 8.61. The number of benzene rings is 1. The third kappa shape index (κ3) is 5.70. The molecule has 0 radical (unpaired) electrons. The highest BCUT2D eigenvalue weighted by Gasteiger charge is 2.18. The lowest BCUT2D eigenvalue weighted by molar-refractivity contribution is 0.147. The number of rotatable bonds is 5. The molecular weight excluding hydrogens is 241 g/mol. The predicted octanol–water partition coefficient (Wildman–Crippen LogP) is 3.86. The fourth-order valence-corrected chi connectivity index (χ4v) is 1.95. The van der Waals surface area contributed by atoms with Crippen LogP contribution in [0.15, 0.2) is 18.2 Å². The highest BCUT2D eigenvalue weighted by atomic mass is 19.1. The van der Waals surface area contributed by atoms with Crippen molar-refractivity contribution in [1.82, 2.24) is 0 Å². The summed E-state index contributed by atoms with van der Waals surface area (Å²) in [6.07, 6.45) is 0.176. The SMILES string of the molecule is CC.Cc1ccc(C(C)C(C)C[C@@H](O)CN)cc1F.[HH]. The third-order valence-electron chi connectivity index (χ3n) is 3.49. The molecule has 3 atom stereocenters. The summed E-state index contributed by atoms with van der Waals surface area (Å²) in [5, 5.41) is 9.52. The van der Waals surface area contributed by atoms with Crippen molar-refractivity contribution in [2.24, 2.45) is 11.7 Å². The molecule has 1 rings (SSSR count). The van der Waals surface area contributed by atoms with Gasteiger partial charge in [0.15, 0.2) is 0 Å². The summed E-state index contributed by atoms with van der Waals surface area (Å²) in [4.78, 5) is 0. The summed E-state index contributed by atoms with van der Waals surface area (Å²) >= 11 is 0. The molecule has 0 amide bonds. The van der Waals surface area contributed by atoms with Crippen molar-refractivity contribution in [3.05, 3.63) is 35.1 Å². The van der Waals surface area contributed by atoms with Crippen LogP contribution < -0.4 is 5.73 Å². The zero-order chi connectivity index (χ0) is 15.0. The lowest BCUT2D eigenvalue weighted by Gasteiger charge is -2.22. The van der Waals surface area contributed by atoms with E-state index in [1.807, 2.05) is 19.9 Å². The highest BCUT2D eigenvalue weighted by Crippen LogP contribution is 2.28. The zero-order valence-corrected chi connectivity index (χ0v) is 12.8. The molecule has 0 heterocycles.